The number of fused-ring (bicyclic) bond motifs is 1. The Hall–Kier alpha value is -2.02. The van der Waals surface area contributed by atoms with Gasteiger partial charge in [-0.3, -0.25) is 14.6 Å². The Kier molecular flexibility index (Phi) is 4.41. The number of alkyl halides is 1. The number of carbonyl (C=O) groups excluding carboxylic acids is 2. The molecule has 0 spiro atoms. The Balaban J connectivity index is 1.30. The van der Waals surface area contributed by atoms with Gasteiger partial charge in [0.2, 0.25) is 5.91 Å². The first-order valence-electron chi connectivity index (χ1n) is 8.84. The predicted molar refractivity (Wildman–Crippen MR) is 87.5 cm³/mol. The van der Waals surface area contributed by atoms with Crippen LogP contribution in [0, 0.1) is 17.8 Å². The number of nitrogens with one attached hydrogen (secondary N) is 1. The summed E-state index contributed by atoms with van der Waals surface area (Å²) in [7, 11) is 0. The fourth-order valence-corrected chi connectivity index (χ4v) is 4.02. The zero-order valence-corrected chi connectivity index (χ0v) is 13.9. The number of carbonyl (C=O) groups is 2. The highest BCUT2D eigenvalue weighted by Crippen LogP contribution is 2.37. The van der Waals surface area contributed by atoms with Gasteiger partial charge in [0.05, 0.1) is 18.3 Å². The standard InChI is InChI=1S/C18H22FN3O3/c19-14-4-12(5-14)18(24)22-8-15-13(10-25-16(15)9-22)7-21-17(23)11-2-1-3-20-6-11/h1-3,6,12-16H,4-5,7-10H2,(H,21,23)/t12?,13-,14?,15-,16-/m1/s1. The Labute approximate surface area is 145 Å². The molecule has 1 aromatic rings. The molecule has 1 N–H and O–H groups in total. The summed E-state index contributed by atoms with van der Waals surface area (Å²) in [6.07, 6.45) is 3.10. The number of hydrogen-bond donors (Lipinski definition) is 1. The molecule has 3 aliphatic rings. The molecule has 25 heavy (non-hydrogen) atoms. The van der Waals surface area contributed by atoms with Crippen LogP contribution < -0.4 is 5.32 Å². The van der Waals surface area contributed by atoms with Gasteiger partial charge in [-0.1, -0.05) is 0 Å². The first-order chi connectivity index (χ1) is 12.1. The molecule has 7 heteroatoms. The molecule has 3 heterocycles. The number of amides is 2. The molecule has 0 radical (unpaired) electrons. The molecule has 1 aromatic heterocycles. The number of rotatable bonds is 4. The van der Waals surface area contributed by atoms with Crippen molar-refractivity contribution in [3.8, 4) is 0 Å². The molecule has 0 bridgehead atoms. The van der Waals surface area contributed by atoms with Crippen molar-refractivity contribution in [1.82, 2.24) is 15.2 Å². The Morgan fingerprint density at radius 2 is 2.20 bits per heavy atom. The van der Waals surface area contributed by atoms with Crippen LogP contribution >= 0.6 is 0 Å². The third-order valence-corrected chi connectivity index (χ3v) is 5.63. The number of nitrogens with zero attached hydrogens (tertiary/aromatic N) is 2. The van der Waals surface area contributed by atoms with Crippen molar-refractivity contribution in [1.29, 1.82) is 0 Å². The van der Waals surface area contributed by atoms with E-state index in [4.69, 9.17) is 4.74 Å². The van der Waals surface area contributed by atoms with Crippen molar-refractivity contribution in [2.75, 3.05) is 26.2 Å². The summed E-state index contributed by atoms with van der Waals surface area (Å²) in [5, 5.41) is 2.94. The second kappa shape index (κ2) is 6.71. The first kappa shape index (κ1) is 16.4. The van der Waals surface area contributed by atoms with Crippen molar-refractivity contribution in [3.05, 3.63) is 30.1 Å². The topological polar surface area (TPSA) is 71.5 Å². The zero-order valence-electron chi connectivity index (χ0n) is 13.9. The van der Waals surface area contributed by atoms with Crippen LogP contribution in [0.4, 0.5) is 4.39 Å². The lowest BCUT2D eigenvalue weighted by Crippen LogP contribution is -2.42. The number of hydrogen-bond acceptors (Lipinski definition) is 4. The molecule has 2 saturated heterocycles. The molecule has 6 nitrogen and oxygen atoms in total. The Bertz CT molecular complexity index is 650. The van der Waals surface area contributed by atoms with E-state index in [-0.39, 0.29) is 35.7 Å². The lowest BCUT2D eigenvalue weighted by molar-refractivity contribution is -0.140. The van der Waals surface area contributed by atoms with E-state index in [1.165, 1.54) is 6.20 Å². The van der Waals surface area contributed by atoms with Gasteiger partial charge in [0, 0.05) is 49.8 Å². The minimum absolute atomic E-state index is 0.0329. The van der Waals surface area contributed by atoms with Gasteiger partial charge in [0.1, 0.15) is 6.17 Å². The summed E-state index contributed by atoms with van der Waals surface area (Å²) in [6.45, 7) is 2.35. The summed E-state index contributed by atoms with van der Waals surface area (Å²) in [5.74, 6) is 0.187. The fourth-order valence-electron chi connectivity index (χ4n) is 4.02. The molecule has 0 unspecified atom stereocenters. The van der Waals surface area contributed by atoms with Gasteiger partial charge in [-0.05, 0) is 25.0 Å². The molecule has 3 fully saturated rings. The van der Waals surface area contributed by atoms with E-state index < -0.39 is 6.17 Å². The summed E-state index contributed by atoms with van der Waals surface area (Å²) < 4.78 is 18.8. The third kappa shape index (κ3) is 3.25. The molecule has 1 saturated carbocycles. The van der Waals surface area contributed by atoms with Crippen LogP contribution in [0.5, 0.6) is 0 Å². The number of ether oxygens (including phenoxy) is 1. The van der Waals surface area contributed by atoms with Crippen LogP contribution in [0.15, 0.2) is 24.5 Å². The van der Waals surface area contributed by atoms with E-state index in [1.807, 2.05) is 4.90 Å². The van der Waals surface area contributed by atoms with E-state index in [0.29, 0.717) is 44.6 Å². The van der Waals surface area contributed by atoms with Crippen molar-refractivity contribution in [2.24, 2.45) is 17.8 Å². The maximum atomic E-state index is 13.0. The summed E-state index contributed by atoms with van der Waals surface area (Å²) in [5.41, 5.74) is 0.534. The van der Waals surface area contributed by atoms with E-state index >= 15 is 0 Å². The highest BCUT2D eigenvalue weighted by atomic mass is 19.1. The SMILES string of the molecule is O=C(NC[C@@H]1CO[C@@H]2CN(C(=O)C3CC(F)C3)C[C@H]12)c1cccnc1. The second-order valence-electron chi connectivity index (χ2n) is 7.26. The van der Waals surface area contributed by atoms with Gasteiger partial charge in [0.15, 0.2) is 0 Å². The van der Waals surface area contributed by atoms with Crippen molar-refractivity contribution in [3.63, 3.8) is 0 Å². The Morgan fingerprint density at radius 1 is 1.36 bits per heavy atom. The molecule has 134 valence electrons. The maximum Gasteiger partial charge on any atom is 0.252 e. The predicted octanol–water partition coefficient (Wildman–Crippen LogP) is 1.03. The smallest absolute Gasteiger partial charge is 0.252 e. The monoisotopic (exact) mass is 347 g/mol. The Morgan fingerprint density at radius 3 is 2.92 bits per heavy atom. The average Bonchev–Trinajstić information content (AvgIpc) is 3.18. The maximum absolute atomic E-state index is 13.0. The third-order valence-electron chi connectivity index (χ3n) is 5.63. The van der Waals surface area contributed by atoms with Gasteiger partial charge < -0.3 is 15.0 Å². The lowest BCUT2D eigenvalue weighted by Gasteiger charge is -2.32. The molecule has 4 rings (SSSR count). The van der Waals surface area contributed by atoms with E-state index in [2.05, 4.69) is 10.3 Å². The summed E-state index contributed by atoms with van der Waals surface area (Å²) in [6, 6.07) is 3.45. The van der Waals surface area contributed by atoms with Gasteiger partial charge >= 0.3 is 0 Å². The highest BCUT2D eigenvalue weighted by molar-refractivity contribution is 5.93. The van der Waals surface area contributed by atoms with Crippen LogP contribution in [0.1, 0.15) is 23.2 Å². The van der Waals surface area contributed by atoms with Gasteiger partial charge in [-0.15, -0.1) is 0 Å². The second-order valence-corrected chi connectivity index (χ2v) is 7.26. The fraction of sp³-hybridized carbons (Fsp3) is 0.611. The highest BCUT2D eigenvalue weighted by Gasteiger charge is 2.47. The van der Waals surface area contributed by atoms with Gasteiger partial charge in [0.25, 0.3) is 5.91 Å². The first-order valence-corrected chi connectivity index (χ1v) is 8.84. The minimum Gasteiger partial charge on any atom is -0.376 e. The van der Waals surface area contributed by atoms with Crippen LogP contribution in [0.25, 0.3) is 0 Å². The van der Waals surface area contributed by atoms with Crippen LogP contribution in [-0.4, -0.2) is 60.2 Å². The lowest BCUT2D eigenvalue weighted by atomic mass is 9.82. The van der Waals surface area contributed by atoms with Crippen molar-refractivity contribution >= 4 is 11.8 Å². The molecule has 0 aromatic carbocycles. The van der Waals surface area contributed by atoms with Crippen molar-refractivity contribution in [2.45, 2.75) is 25.1 Å². The van der Waals surface area contributed by atoms with E-state index in [1.54, 1.807) is 18.3 Å². The molecule has 2 aliphatic heterocycles. The summed E-state index contributed by atoms with van der Waals surface area (Å²) in [4.78, 5) is 30.3. The van der Waals surface area contributed by atoms with Crippen LogP contribution in [0.3, 0.4) is 0 Å². The number of pyridine rings is 1. The minimum atomic E-state index is -0.817. The molecule has 3 atom stereocenters. The van der Waals surface area contributed by atoms with Crippen molar-refractivity contribution < 1.29 is 18.7 Å². The van der Waals surface area contributed by atoms with Crippen LogP contribution in [-0.2, 0) is 9.53 Å². The molecule has 1 aliphatic carbocycles. The molecular weight excluding hydrogens is 325 g/mol. The zero-order chi connectivity index (χ0) is 17.4. The normalized spacial score (nSPS) is 33.6. The molecular formula is C18H22FN3O3. The molecule has 2 amide bonds. The summed E-state index contributed by atoms with van der Waals surface area (Å²) >= 11 is 0. The quantitative estimate of drug-likeness (QED) is 0.883. The van der Waals surface area contributed by atoms with Gasteiger partial charge in [-0.25, -0.2) is 4.39 Å². The number of aromatic nitrogens is 1. The average molecular weight is 347 g/mol. The number of halogens is 1. The van der Waals surface area contributed by atoms with Gasteiger partial charge in [-0.2, -0.15) is 0 Å². The van der Waals surface area contributed by atoms with E-state index in [9.17, 15) is 14.0 Å². The van der Waals surface area contributed by atoms with Crippen LogP contribution in [0.2, 0.25) is 0 Å². The largest absolute Gasteiger partial charge is 0.376 e. The van der Waals surface area contributed by atoms with E-state index in [0.717, 1.165) is 0 Å². The number of likely N-dealkylation sites (tertiary alicyclic amines) is 1.